The molecule has 0 spiro atoms. The molecule has 0 aliphatic rings. The number of hydrogen-bond donors (Lipinski definition) is 1. The van der Waals surface area contributed by atoms with Crippen LogP contribution in [0.4, 0.5) is 5.69 Å². The van der Waals surface area contributed by atoms with Gasteiger partial charge in [0.2, 0.25) is 11.8 Å². The van der Waals surface area contributed by atoms with E-state index in [4.69, 9.17) is 4.74 Å². The van der Waals surface area contributed by atoms with Crippen LogP contribution in [0, 0.1) is 0 Å². The summed E-state index contributed by atoms with van der Waals surface area (Å²) in [5, 5.41) is 2.92. The Kier molecular flexibility index (Phi) is 9.21. The van der Waals surface area contributed by atoms with E-state index in [2.05, 4.69) is 12.2 Å². The summed E-state index contributed by atoms with van der Waals surface area (Å²) in [7, 11) is 0. The van der Waals surface area contributed by atoms with Gasteiger partial charge >= 0.3 is 0 Å². The largest absolute Gasteiger partial charge is 0.367 e. The number of anilines is 1. The lowest BCUT2D eigenvalue weighted by molar-refractivity contribution is -0.139. The molecule has 2 amide bonds. The van der Waals surface area contributed by atoms with E-state index in [-0.39, 0.29) is 30.9 Å². The zero-order valence-electron chi connectivity index (χ0n) is 19.4. The predicted octanol–water partition coefficient (Wildman–Crippen LogP) is 5.38. The Morgan fingerprint density at radius 3 is 2.15 bits per heavy atom. The van der Waals surface area contributed by atoms with Crippen molar-refractivity contribution in [3.05, 3.63) is 102 Å². The molecule has 3 aromatic carbocycles. The molecule has 172 valence electrons. The third kappa shape index (κ3) is 7.58. The zero-order chi connectivity index (χ0) is 23.5. The number of nitrogens with zero attached hydrogens (tertiary/aromatic N) is 1. The average molecular weight is 445 g/mol. The molecule has 5 nitrogen and oxygen atoms in total. The fourth-order valence-electron chi connectivity index (χ4n) is 3.63. The highest BCUT2D eigenvalue weighted by Gasteiger charge is 2.22. The van der Waals surface area contributed by atoms with Crippen LogP contribution in [-0.4, -0.2) is 29.9 Å². The minimum absolute atomic E-state index is 0.0355. The van der Waals surface area contributed by atoms with Crippen LogP contribution in [0.3, 0.4) is 0 Å². The number of nitrogens with one attached hydrogen (secondary N) is 1. The van der Waals surface area contributed by atoms with Crippen LogP contribution in [0.15, 0.2) is 84.9 Å². The second-order valence-corrected chi connectivity index (χ2v) is 8.00. The normalized spacial score (nSPS) is 11.6. The van der Waals surface area contributed by atoms with E-state index in [1.807, 2.05) is 91.9 Å². The first-order valence-electron chi connectivity index (χ1n) is 11.4. The van der Waals surface area contributed by atoms with Crippen molar-refractivity contribution in [2.75, 3.05) is 18.5 Å². The minimum Gasteiger partial charge on any atom is -0.367 e. The molecule has 0 saturated carbocycles. The van der Waals surface area contributed by atoms with E-state index >= 15 is 0 Å². The van der Waals surface area contributed by atoms with Gasteiger partial charge in [-0.25, -0.2) is 0 Å². The fourth-order valence-corrected chi connectivity index (χ4v) is 3.63. The molecule has 1 atom stereocenters. The SMILES string of the molecule is CCc1ccc(NC(=O)CCN(C(=O)COCc2ccccc2)C(C)c2ccccc2)cc1. The first-order valence-corrected chi connectivity index (χ1v) is 11.4. The lowest BCUT2D eigenvalue weighted by atomic mass is 10.1. The summed E-state index contributed by atoms with van der Waals surface area (Å²) >= 11 is 0. The van der Waals surface area contributed by atoms with Gasteiger partial charge in [0.15, 0.2) is 0 Å². The Balaban J connectivity index is 1.60. The van der Waals surface area contributed by atoms with E-state index < -0.39 is 0 Å². The Labute approximate surface area is 196 Å². The lowest BCUT2D eigenvalue weighted by Gasteiger charge is -2.29. The Morgan fingerprint density at radius 1 is 0.879 bits per heavy atom. The standard InChI is InChI=1S/C28H32N2O3/c1-3-23-14-16-26(17-15-23)29-27(31)18-19-30(22(2)25-12-8-5-9-13-25)28(32)21-33-20-24-10-6-4-7-11-24/h4-17,22H,3,18-21H2,1-2H3,(H,29,31). The molecule has 1 unspecified atom stereocenters. The van der Waals surface area contributed by atoms with E-state index in [9.17, 15) is 9.59 Å². The van der Waals surface area contributed by atoms with E-state index in [0.717, 1.165) is 23.2 Å². The first kappa shape index (κ1) is 24.2. The van der Waals surface area contributed by atoms with Crippen LogP contribution < -0.4 is 5.32 Å². The summed E-state index contributed by atoms with van der Waals surface area (Å²) in [6.07, 6.45) is 1.16. The molecule has 0 fully saturated rings. The summed E-state index contributed by atoms with van der Waals surface area (Å²) in [4.78, 5) is 27.4. The Bertz CT molecular complexity index is 1000. The molecule has 3 aromatic rings. The lowest BCUT2D eigenvalue weighted by Crippen LogP contribution is -2.38. The van der Waals surface area contributed by atoms with Crippen molar-refractivity contribution in [2.24, 2.45) is 0 Å². The maximum absolute atomic E-state index is 13.1. The van der Waals surface area contributed by atoms with Crippen molar-refractivity contribution >= 4 is 17.5 Å². The first-order chi connectivity index (χ1) is 16.1. The number of carbonyl (C=O) groups is 2. The molecule has 0 radical (unpaired) electrons. The molecule has 1 N–H and O–H groups in total. The number of ether oxygens (including phenoxy) is 1. The molecular weight excluding hydrogens is 412 g/mol. The van der Waals surface area contributed by atoms with E-state index in [1.54, 1.807) is 4.90 Å². The molecule has 3 rings (SSSR count). The minimum atomic E-state index is -0.171. The summed E-state index contributed by atoms with van der Waals surface area (Å²) in [6, 6.07) is 27.2. The van der Waals surface area contributed by atoms with Gasteiger partial charge in [-0.05, 0) is 42.2 Å². The van der Waals surface area contributed by atoms with Crippen molar-refractivity contribution < 1.29 is 14.3 Å². The molecule has 33 heavy (non-hydrogen) atoms. The number of rotatable bonds is 11. The maximum atomic E-state index is 13.1. The monoisotopic (exact) mass is 444 g/mol. The van der Waals surface area contributed by atoms with Gasteiger partial charge in [-0.1, -0.05) is 79.7 Å². The van der Waals surface area contributed by atoms with Gasteiger partial charge in [0.1, 0.15) is 6.61 Å². The van der Waals surface area contributed by atoms with Crippen LogP contribution in [0.25, 0.3) is 0 Å². The number of aryl methyl sites for hydroxylation is 1. The van der Waals surface area contributed by atoms with Crippen molar-refractivity contribution in [1.82, 2.24) is 4.90 Å². The summed E-state index contributed by atoms with van der Waals surface area (Å²) < 4.78 is 5.68. The zero-order valence-corrected chi connectivity index (χ0v) is 19.4. The molecule has 5 heteroatoms. The van der Waals surface area contributed by atoms with Crippen molar-refractivity contribution in [3.8, 4) is 0 Å². The number of hydrogen-bond acceptors (Lipinski definition) is 3. The average Bonchev–Trinajstić information content (AvgIpc) is 2.85. The highest BCUT2D eigenvalue weighted by atomic mass is 16.5. The van der Waals surface area contributed by atoms with Crippen LogP contribution in [0.5, 0.6) is 0 Å². The molecule has 0 saturated heterocycles. The predicted molar refractivity (Wildman–Crippen MR) is 132 cm³/mol. The highest BCUT2D eigenvalue weighted by molar-refractivity contribution is 5.91. The van der Waals surface area contributed by atoms with Crippen LogP contribution in [-0.2, 0) is 27.4 Å². The smallest absolute Gasteiger partial charge is 0.249 e. The Hall–Kier alpha value is -3.44. The summed E-state index contributed by atoms with van der Waals surface area (Å²) in [6.45, 7) is 4.71. The molecule has 0 aliphatic heterocycles. The Morgan fingerprint density at radius 2 is 1.52 bits per heavy atom. The number of carbonyl (C=O) groups excluding carboxylic acids is 2. The number of amides is 2. The summed E-state index contributed by atoms with van der Waals surface area (Å²) in [5.74, 6) is -0.259. The van der Waals surface area contributed by atoms with Gasteiger partial charge in [-0.3, -0.25) is 9.59 Å². The maximum Gasteiger partial charge on any atom is 0.249 e. The van der Waals surface area contributed by atoms with Crippen molar-refractivity contribution in [2.45, 2.75) is 39.3 Å². The molecule has 0 aliphatic carbocycles. The second-order valence-electron chi connectivity index (χ2n) is 8.00. The number of benzene rings is 3. The quantitative estimate of drug-likeness (QED) is 0.432. The van der Waals surface area contributed by atoms with Gasteiger partial charge in [-0.2, -0.15) is 0 Å². The van der Waals surface area contributed by atoms with Gasteiger partial charge in [0.25, 0.3) is 0 Å². The second kappa shape index (κ2) is 12.6. The van der Waals surface area contributed by atoms with Gasteiger partial charge < -0.3 is 15.0 Å². The van der Waals surface area contributed by atoms with Crippen LogP contribution >= 0.6 is 0 Å². The van der Waals surface area contributed by atoms with Crippen molar-refractivity contribution in [1.29, 1.82) is 0 Å². The summed E-state index contributed by atoms with van der Waals surface area (Å²) in [5.41, 5.74) is 4.01. The van der Waals surface area contributed by atoms with Gasteiger partial charge in [0.05, 0.1) is 12.6 Å². The van der Waals surface area contributed by atoms with E-state index in [0.29, 0.717) is 13.2 Å². The molecule has 0 bridgehead atoms. The van der Waals surface area contributed by atoms with Gasteiger partial charge in [0, 0.05) is 18.7 Å². The van der Waals surface area contributed by atoms with Crippen LogP contribution in [0.2, 0.25) is 0 Å². The van der Waals surface area contributed by atoms with Crippen LogP contribution in [0.1, 0.15) is 43.0 Å². The molecule has 0 aromatic heterocycles. The fraction of sp³-hybridized carbons (Fsp3) is 0.286. The van der Waals surface area contributed by atoms with Crippen molar-refractivity contribution in [3.63, 3.8) is 0 Å². The third-order valence-electron chi connectivity index (χ3n) is 5.63. The highest BCUT2D eigenvalue weighted by Crippen LogP contribution is 2.21. The van der Waals surface area contributed by atoms with E-state index in [1.165, 1.54) is 5.56 Å². The molecular formula is C28H32N2O3. The third-order valence-corrected chi connectivity index (χ3v) is 5.63. The topological polar surface area (TPSA) is 58.6 Å². The molecule has 0 heterocycles. The van der Waals surface area contributed by atoms with Gasteiger partial charge in [-0.15, -0.1) is 0 Å².